The van der Waals surface area contributed by atoms with E-state index in [1.807, 2.05) is 103 Å². The van der Waals surface area contributed by atoms with Crippen molar-refractivity contribution in [2.45, 2.75) is 83.1 Å². The van der Waals surface area contributed by atoms with Gasteiger partial charge in [-0.1, -0.05) is 42.5 Å². The van der Waals surface area contributed by atoms with E-state index in [0.29, 0.717) is 32.8 Å². The third kappa shape index (κ3) is 32.1. The van der Waals surface area contributed by atoms with E-state index in [1.165, 1.54) is 21.1 Å². The van der Waals surface area contributed by atoms with Gasteiger partial charge in [-0.2, -0.15) is 0 Å². The van der Waals surface area contributed by atoms with Crippen molar-refractivity contribution in [1.29, 1.82) is 0 Å². The number of ketones is 1. The monoisotopic (exact) mass is 1690 g/mol. The molecule has 0 spiro atoms. The number of Topliss-reactive ketones (excluding diaryl/α,β-unsaturated/α-hetero) is 1. The fourth-order valence-electron chi connectivity index (χ4n) is 7.38. The molecule has 0 atom stereocenters. The molecule has 0 aliphatic heterocycles. The smallest absolute Gasteiger partial charge is 0.870 e. The van der Waals surface area contributed by atoms with Crippen molar-refractivity contribution in [2.75, 3.05) is 26.7 Å². The van der Waals surface area contributed by atoms with Crippen LogP contribution in [0.3, 0.4) is 0 Å². The molecule has 0 unspecified atom stereocenters. The fraction of sp³-hybridized carbons (Fsp3) is 0.242. The average molecular weight is 1700 g/mol. The van der Waals surface area contributed by atoms with Crippen LogP contribution in [0.4, 0.5) is 0 Å². The van der Waals surface area contributed by atoms with Crippen LogP contribution in [0.5, 0.6) is 0 Å². The summed E-state index contributed by atoms with van der Waals surface area (Å²) in [4.78, 5) is 91.7. The predicted octanol–water partition coefficient (Wildman–Crippen LogP) is 15.0. The van der Waals surface area contributed by atoms with E-state index >= 15 is 0 Å². The maximum absolute atomic E-state index is 11.4. The molecule has 0 bridgehead atoms. The van der Waals surface area contributed by atoms with Crippen LogP contribution in [-0.4, -0.2) is 124 Å². The van der Waals surface area contributed by atoms with Gasteiger partial charge in [0.15, 0.2) is 0 Å². The molecule has 516 valence electrons. The minimum Gasteiger partial charge on any atom is -0.870 e. The largest absolute Gasteiger partial charge is 1.00 e. The molecule has 0 saturated carbocycles. The third-order valence-electron chi connectivity index (χ3n) is 11.8. The number of hydrogen-bond donors (Lipinski definition) is 6. The normalized spacial score (nSPS) is 9.48. The Morgan fingerprint density at radius 2 is 0.773 bits per heavy atom. The van der Waals surface area contributed by atoms with Crippen LogP contribution in [-0.2, 0) is 19.1 Å². The number of aryl methyl sites for hydroxylation is 9. The summed E-state index contributed by atoms with van der Waals surface area (Å²) in [5, 5.41) is 49.4. The first kappa shape index (κ1) is 92.8. The second-order valence-electron chi connectivity index (χ2n) is 19.4. The SMILES string of the molecule is BrBr.CC(=O)CCl.CC(=O)O.CCO.COC(=O)c1ccc(-c2nc(C)cs2)c(C)c1.COC(=O)c1ccc(C(N)=S)c(C)c1.Cc1cc(C(=O)O)ccc1-c1nc(C)c(Br)s1.Cc1cc(C(=O)O)ccc1-c1nc(C)c(Br)s1.Cc1csc(-c2ccc(C(=O)O)cc2C)n1.[Li+].[OH-]. The number of aliphatic carboxylic acids is 1. The van der Waals surface area contributed by atoms with E-state index in [4.69, 9.17) is 59.9 Å². The third-order valence-corrected chi connectivity index (χ3v) is 18.5. The van der Waals surface area contributed by atoms with Crippen molar-refractivity contribution in [3.05, 3.63) is 193 Å². The number of aromatic nitrogens is 4. The van der Waals surface area contributed by atoms with Crippen molar-refractivity contribution in [3.8, 4) is 42.3 Å². The molecular formula is C66H71Br4ClLiN5O15S5. The van der Waals surface area contributed by atoms with Gasteiger partial charge in [0, 0.05) is 91.8 Å². The number of aliphatic hydroxyl groups is 1. The van der Waals surface area contributed by atoms with Crippen LogP contribution >= 0.6 is 129 Å². The molecule has 0 aliphatic rings. The van der Waals surface area contributed by atoms with E-state index in [0.717, 1.165) is 113 Å². The van der Waals surface area contributed by atoms with Crippen LogP contribution in [0.1, 0.15) is 129 Å². The number of carbonyl (C=O) groups excluding carboxylic acids is 3. The van der Waals surface area contributed by atoms with Gasteiger partial charge in [0.05, 0.1) is 66.9 Å². The quantitative estimate of drug-likeness (QED) is 0.0303. The molecule has 9 rings (SSSR count). The number of aromatic carboxylic acids is 3. The van der Waals surface area contributed by atoms with Gasteiger partial charge in [0.2, 0.25) is 0 Å². The zero-order chi connectivity index (χ0) is 72.6. The minimum absolute atomic E-state index is 0. The number of hydrogen-bond acceptors (Lipinski definition) is 20. The van der Waals surface area contributed by atoms with E-state index in [1.54, 1.807) is 113 Å². The van der Waals surface area contributed by atoms with Gasteiger partial charge >= 0.3 is 48.7 Å². The Hall–Kier alpha value is -6.27. The van der Waals surface area contributed by atoms with Crippen LogP contribution in [0.2, 0.25) is 0 Å². The first-order valence-electron chi connectivity index (χ1n) is 27.5. The number of halogens is 5. The van der Waals surface area contributed by atoms with Crippen LogP contribution < -0.4 is 24.6 Å². The summed E-state index contributed by atoms with van der Waals surface area (Å²) in [6, 6.07) is 25.9. The zero-order valence-electron chi connectivity index (χ0n) is 55.4. The molecule has 5 aromatic carbocycles. The molecule has 8 N–H and O–H groups in total. The Labute approximate surface area is 633 Å². The number of ether oxygens (including phenoxy) is 2. The second-order valence-corrected chi connectivity index (χ2v) is 26.5. The van der Waals surface area contributed by atoms with Crippen LogP contribution in [0.15, 0.2) is 109 Å². The Bertz CT molecular complexity index is 3960. The van der Waals surface area contributed by atoms with E-state index in [-0.39, 0.29) is 54.5 Å². The van der Waals surface area contributed by atoms with E-state index in [2.05, 4.69) is 89.5 Å². The summed E-state index contributed by atoms with van der Waals surface area (Å²) < 4.78 is 11.3. The predicted molar refractivity (Wildman–Crippen MR) is 401 cm³/mol. The topological polar surface area (TPSA) is 347 Å². The molecule has 0 aliphatic carbocycles. The summed E-state index contributed by atoms with van der Waals surface area (Å²) >= 11 is 28.5. The number of esters is 2. The fourth-order valence-corrected chi connectivity index (χ4v) is 12.3. The van der Waals surface area contributed by atoms with Gasteiger partial charge in [-0.05, 0) is 197 Å². The number of carbonyl (C=O) groups is 7. The number of alkyl halides is 1. The first-order valence-corrected chi connectivity index (χ1v) is 37.1. The molecule has 0 fully saturated rings. The Morgan fingerprint density at radius 1 is 0.515 bits per heavy atom. The van der Waals surface area contributed by atoms with Crippen molar-refractivity contribution >= 4 is 176 Å². The Morgan fingerprint density at radius 3 is 0.979 bits per heavy atom. The van der Waals surface area contributed by atoms with E-state index < -0.39 is 23.9 Å². The van der Waals surface area contributed by atoms with E-state index in [9.17, 15) is 28.8 Å². The number of methoxy groups -OCH3 is 2. The Kier molecular flexibility index (Phi) is 45.6. The van der Waals surface area contributed by atoms with Gasteiger partial charge in [-0.15, -0.1) is 56.9 Å². The molecular weight excluding hydrogens is 1630 g/mol. The van der Waals surface area contributed by atoms with Gasteiger partial charge in [-0.25, -0.2) is 43.9 Å². The van der Waals surface area contributed by atoms with Crippen LogP contribution in [0, 0.1) is 62.3 Å². The maximum Gasteiger partial charge on any atom is 1.00 e. The number of rotatable bonds is 11. The van der Waals surface area contributed by atoms with Crippen molar-refractivity contribution in [1.82, 2.24) is 19.9 Å². The number of nitrogens with two attached hydrogens (primary N) is 1. The minimum atomic E-state index is -0.906. The summed E-state index contributed by atoms with van der Waals surface area (Å²) in [5.74, 6) is -4.05. The zero-order valence-corrected chi connectivity index (χ0v) is 66.6. The Balaban J connectivity index is 0. The number of benzene rings is 5. The van der Waals surface area contributed by atoms with Crippen LogP contribution in [0.25, 0.3) is 42.3 Å². The summed E-state index contributed by atoms with van der Waals surface area (Å²) in [6.45, 7) is 21.8. The molecule has 0 radical (unpaired) electrons. The number of carboxylic acid groups (broad SMARTS) is 4. The number of nitrogens with zero attached hydrogens (tertiary/aromatic N) is 4. The number of thiocarbonyl (C=S) groups is 1. The molecule has 0 saturated heterocycles. The average Bonchev–Trinajstić information content (AvgIpc) is 1.80. The van der Waals surface area contributed by atoms with Gasteiger partial charge in [-0.3, -0.25) is 9.59 Å². The molecule has 4 aromatic heterocycles. The summed E-state index contributed by atoms with van der Waals surface area (Å²) in [7, 11) is 2.73. The molecule has 97 heavy (non-hydrogen) atoms. The van der Waals surface area contributed by atoms with Gasteiger partial charge in [0.25, 0.3) is 5.97 Å². The molecule has 0 amide bonds. The van der Waals surface area contributed by atoms with Gasteiger partial charge in [0.1, 0.15) is 30.8 Å². The van der Waals surface area contributed by atoms with Crippen molar-refractivity contribution < 1.29 is 92.9 Å². The molecule has 31 heteroatoms. The standard InChI is InChI=1S/C13H13NO2S.2C12H10BrNO2S.C12H11NO2S.C10H11NO2S.C3H5ClO.C2H4O2.C2H6O.Br2.Li.H2O/c1-8-6-10(13(15)16-3)4-5-11(8)12-14-9(2)7-17-12;2*1-6-5-8(12(15)16)3-4-9(6)11-14-7(2)10(13)17-11;1-7-5-9(12(14)15)3-4-10(7)11-13-8(2)6-16-11;1-6-5-7(10(12)13-2)3-4-8(6)9(11)14;1-3(5)2-4;1-2(3)4;1-2-3;1-2;;/h4-7H,1-3H3;2*3-5H,1-2H3,(H,15,16);3-6H,1-2H3,(H,14,15);3-5H,1-2H3,(H2,11,14);2H2,1H3;1H3,(H,3,4);3H,2H2,1H3;;;1H2/q;;;;;;;;;+1;/p-1. The number of aliphatic hydroxyl groups excluding tert-OH is 1. The molecule has 9 aromatic rings. The van der Waals surface area contributed by atoms with Gasteiger partial charge < -0.3 is 46.2 Å². The number of carboxylic acids is 4. The summed E-state index contributed by atoms with van der Waals surface area (Å²) in [5.41, 5.74) is 20.9. The maximum atomic E-state index is 11.4. The van der Waals surface area contributed by atoms with Crippen molar-refractivity contribution in [2.24, 2.45) is 5.73 Å². The molecule has 20 nitrogen and oxygen atoms in total. The van der Waals surface area contributed by atoms with Crippen molar-refractivity contribution in [3.63, 3.8) is 0 Å². The second kappa shape index (κ2) is 47.7. The molecule has 4 heterocycles. The first-order chi connectivity index (χ1) is 44.6. The number of thiazole rings is 4. The summed E-state index contributed by atoms with van der Waals surface area (Å²) in [6.07, 6.45) is 0.